The molecule has 6 rings (SSSR count). The minimum atomic E-state index is -0.965. The largest absolute Gasteiger partial charge is 0.481 e. The number of carbonyl (C=O) groups is 2. The summed E-state index contributed by atoms with van der Waals surface area (Å²) in [5, 5.41) is 12.1. The number of imidazole rings is 1. The van der Waals surface area contributed by atoms with Gasteiger partial charge in [0.1, 0.15) is 17.4 Å². The van der Waals surface area contributed by atoms with Gasteiger partial charge in [0, 0.05) is 31.0 Å². The number of carbonyl (C=O) groups excluding carboxylic acids is 1. The molecule has 0 radical (unpaired) electrons. The van der Waals surface area contributed by atoms with Gasteiger partial charge in [0.05, 0.1) is 0 Å². The first-order valence-corrected chi connectivity index (χ1v) is 14.7. The predicted molar refractivity (Wildman–Crippen MR) is 140 cm³/mol. The van der Waals surface area contributed by atoms with Crippen molar-refractivity contribution in [3.8, 4) is 0 Å². The van der Waals surface area contributed by atoms with E-state index in [1.165, 1.54) is 63.2 Å². The van der Waals surface area contributed by atoms with Crippen LogP contribution in [0, 0.1) is 29.1 Å². The Labute approximate surface area is 218 Å². The van der Waals surface area contributed by atoms with Crippen molar-refractivity contribution in [2.24, 2.45) is 29.1 Å². The highest BCUT2D eigenvalue weighted by Crippen LogP contribution is 2.61. The quantitative estimate of drug-likeness (QED) is 0.331. The van der Waals surface area contributed by atoms with E-state index in [1.54, 1.807) is 0 Å². The third-order valence-corrected chi connectivity index (χ3v) is 9.85. The van der Waals surface area contributed by atoms with Crippen LogP contribution < -0.4 is 0 Å². The van der Waals surface area contributed by atoms with Crippen molar-refractivity contribution in [2.75, 3.05) is 0 Å². The number of aromatic nitrogens is 2. The van der Waals surface area contributed by atoms with Crippen molar-refractivity contribution in [3.63, 3.8) is 0 Å². The van der Waals surface area contributed by atoms with E-state index in [2.05, 4.69) is 11.5 Å². The number of hydrogen-bond acceptors (Lipinski definition) is 5. The molecule has 2 aromatic heterocycles. The molecule has 4 aliphatic carbocycles. The summed E-state index contributed by atoms with van der Waals surface area (Å²) >= 11 is 1.53. The topological polar surface area (TPSA) is 81.4 Å². The van der Waals surface area contributed by atoms with Gasteiger partial charge in [0.15, 0.2) is 6.10 Å². The number of hydrogen-bond donors (Lipinski definition) is 1. The van der Waals surface area contributed by atoms with Crippen LogP contribution in [0.15, 0.2) is 23.7 Å². The molecule has 2 atom stereocenters. The van der Waals surface area contributed by atoms with Crippen molar-refractivity contribution in [1.29, 1.82) is 0 Å². The number of aryl methyl sites for hydroxylation is 2. The number of carboxylic acid groups (broad SMARTS) is 1. The molecule has 7 heteroatoms. The minimum absolute atomic E-state index is 0.315. The van der Waals surface area contributed by atoms with Crippen LogP contribution in [-0.2, 0) is 33.7 Å². The van der Waals surface area contributed by atoms with Crippen LogP contribution in [0.1, 0.15) is 94.1 Å². The lowest BCUT2D eigenvalue weighted by Gasteiger charge is -2.57. The van der Waals surface area contributed by atoms with Gasteiger partial charge in [-0.1, -0.05) is 19.4 Å². The second kappa shape index (κ2) is 10.7. The van der Waals surface area contributed by atoms with E-state index in [0.29, 0.717) is 17.5 Å². The average Bonchev–Trinajstić information content (AvgIpc) is 3.47. The highest BCUT2D eigenvalue weighted by molar-refractivity contribution is 7.09. The molecule has 2 heterocycles. The summed E-state index contributed by atoms with van der Waals surface area (Å²) in [4.78, 5) is 30.3. The standard InChI is InChI=1S/C29H40N2O4S/c1-3-4-7-26-30-25(27(35-19(2)32)24(28(33)34)14-23-6-5-10-36-23)18-31(26)9-8-29-15-20-11-21(16-29)13-22(12-20)17-29/h5-6,10,18,20-22,24,27H,3-4,7-9,11-17H2,1-2H3,(H,33,34). The van der Waals surface area contributed by atoms with Crippen molar-refractivity contribution < 1.29 is 19.4 Å². The molecular weight excluding hydrogens is 472 g/mol. The Hall–Kier alpha value is -2.15. The van der Waals surface area contributed by atoms with Crippen LogP contribution in [-0.4, -0.2) is 26.6 Å². The van der Waals surface area contributed by atoms with Gasteiger partial charge in [-0.05, 0) is 92.4 Å². The third-order valence-electron chi connectivity index (χ3n) is 8.95. The molecule has 0 saturated heterocycles. The van der Waals surface area contributed by atoms with E-state index in [9.17, 15) is 14.7 Å². The van der Waals surface area contributed by atoms with Gasteiger partial charge < -0.3 is 14.4 Å². The SMILES string of the molecule is CCCCc1nc(C(OC(C)=O)C(Cc2cccs2)C(=O)O)cn1CCC12CC3CC(CC(C3)C1)C2. The molecule has 2 aromatic rings. The number of carboxylic acids is 1. The Balaban J connectivity index is 1.39. The fourth-order valence-corrected chi connectivity index (χ4v) is 8.56. The molecule has 4 fully saturated rings. The Morgan fingerprint density at radius 3 is 2.47 bits per heavy atom. The first kappa shape index (κ1) is 25.5. The molecule has 6 nitrogen and oxygen atoms in total. The maximum Gasteiger partial charge on any atom is 0.311 e. The number of nitrogens with zero attached hydrogens (tertiary/aromatic N) is 2. The first-order chi connectivity index (χ1) is 17.3. The molecule has 0 spiro atoms. The molecule has 4 aliphatic rings. The van der Waals surface area contributed by atoms with E-state index in [-0.39, 0.29) is 0 Å². The smallest absolute Gasteiger partial charge is 0.311 e. The second-order valence-electron chi connectivity index (χ2n) is 11.8. The van der Waals surface area contributed by atoms with E-state index in [1.807, 2.05) is 23.7 Å². The normalized spacial score (nSPS) is 28.2. The number of esters is 1. The molecule has 2 unspecified atom stereocenters. The molecule has 36 heavy (non-hydrogen) atoms. The molecular formula is C29H40N2O4S. The number of unbranched alkanes of at least 4 members (excludes halogenated alkanes) is 1. The summed E-state index contributed by atoms with van der Waals surface area (Å²) in [7, 11) is 0. The fourth-order valence-electron chi connectivity index (χ4n) is 7.79. The minimum Gasteiger partial charge on any atom is -0.481 e. The Morgan fingerprint density at radius 1 is 1.22 bits per heavy atom. The Morgan fingerprint density at radius 2 is 1.92 bits per heavy atom. The zero-order valence-electron chi connectivity index (χ0n) is 21.7. The number of aliphatic carboxylic acids is 1. The molecule has 1 N–H and O–H groups in total. The molecule has 0 amide bonds. The van der Waals surface area contributed by atoms with Crippen LogP contribution in [0.5, 0.6) is 0 Å². The lowest BCUT2D eigenvalue weighted by atomic mass is 9.49. The van der Waals surface area contributed by atoms with Crippen molar-refractivity contribution in [2.45, 2.75) is 97.1 Å². The van der Waals surface area contributed by atoms with Gasteiger partial charge in [-0.15, -0.1) is 11.3 Å². The number of rotatable bonds is 12. The molecule has 0 aliphatic heterocycles. The van der Waals surface area contributed by atoms with Gasteiger partial charge >= 0.3 is 11.9 Å². The second-order valence-corrected chi connectivity index (χ2v) is 12.8. The van der Waals surface area contributed by atoms with E-state index in [4.69, 9.17) is 9.72 Å². The van der Waals surface area contributed by atoms with Gasteiger partial charge in [-0.2, -0.15) is 0 Å². The molecule has 4 saturated carbocycles. The summed E-state index contributed by atoms with van der Waals surface area (Å²) in [6.45, 7) is 4.43. The van der Waals surface area contributed by atoms with Gasteiger partial charge in [0.2, 0.25) is 0 Å². The summed E-state index contributed by atoms with van der Waals surface area (Å²) in [5.74, 6) is 1.46. The lowest BCUT2D eigenvalue weighted by molar-refractivity contribution is -0.157. The van der Waals surface area contributed by atoms with E-state index < -0.39 is 24.0 Å². The highest BCUT2D eigenvalue weighted by Gasteiger charge is 2.50. The fraction of sp³-hybridized carbons (Fsp3) is 0.690. The van der Waals surface area contributed by atoms with Crippen LogP contribution in [0.4, 0.5) is 0 Å². The summed E-state index contributed by atoms with van der Waals surface area (Å²) in [5.41, 5.74) is 1.05. The van der Waals surface area contributed by atoms with Gasteiger partial charge in [-0.25, -0.2) is 4.98 Å². The van der Waals surface area contributed by atoms with Crippen molar-refractivity contribution in [1.82, 2.24) is 9.55 Å². The Bertz CT molecular complexity index is 1020. The van der Waals surface area contributed by atoms with Crippen LogP contribution >= 0.6 is 11.3 Å². The zero-order valence-corrected chi connectivity index (χ0v) is 22.5. The predicted octanol–water partition coefficient (Wildman–Crippen LogP) is 6.44. The van der Waals surface area contributed by atoms with Crippen LogP contribution in [0.3, 0.4) is 0 Å². The third kappa shape index (κ3) is 5.56. The molecule has 4 bridgehead atoms. The molecule has 0 aromatic carbocycles. The number of ether oxygens (including phenoxy) is 1. The first-order valence-electron chi connectivity index (χ1n) is 13.8. The highest BCUT2D eigenvalue weighted by atomic mass is 32.1. The summed E-state index contributed by atoms with van der Waals surface area (Å²) in [6, 6.07) is 3.85. The summed E-state index contributed by atoms with van der Waals surface area (Å²) < 4.78 is 7.92. The maximum absolute atomic E-state index is 12.3. The lowest BCUT2D eigenvalue weighted by Crippen LogP contribution is -2.46. The van der Waals surface area contributed by atoms with Gasteiger partial charge in [-0.3, -0.25) is 9.59 Å². The van der Waals surface area contributed by atoms with Gasteiger partial charge in [0.25, 0.3) is 0 Å². The Kier molecular flexibility index (Phi) is 7.57. The van der Waals surface area contributed by atoms with E-state index >= 15 is 0 Å². The maximum atomic E-state index is 12.3. The monoisotopic (exact) mass is 512 g/mol. The van der Waals surface area contributed by atoms with Crippen molar-refractivity contribution >= 4 is 23.3 Å². The van der Waals surface area contributed by atoms with Crippen molar-refractivity contribution in [3.05, 3.63) is 40.1 Å². The van der Waals surface area contributed by atoms with Crippen LogP contribution in [0.25, 0.3) is 0 Å². The van der Waals surface area contributed by atoms with E-state index in [0.717, 1.165) is 54.3 Å². The summed E-state index contributed by atoms with van der Waals surface area (Å²) in [6.07, 6.45) is 14.0. The average molecular weight is 513 g/mol. The zero-order chi connectivity index (χ0) is 25.3. The van der Waals surface area contributed by atoms with Crippen LogP contribution in [0.2, 0.25) is 0 Å². The number of thiophene rings is 1. The molecule has 196 valence electrons.